The highest BCUT2D eigenvalue weighted by Crippen LogP contribution is 2.23. The smallest absolute Gasteiger partial charge is 0.218 e. The van der Waals surface area contributed by atoms with E-state index < -0.39 is 9.84 Å². The molecule has 1 aliphatic rings. The van der Waals surface area contributed by atoms with E-state index in [4.69, 9.17) is 10.9 Å². The van der Waals surface area contributed by atoms with Gasteiger partial charge in [-0.25, -0.2) is 8.42 Å². The van der Waals surface area contributed by atoms with Crippen molar-refractivity contribution in [3.63, 3.8) is 0 Å². The van der Waals surface area contributed by atoms with Gasteiger partial charge >= 0.3 is 5.08 Å². The van der Waals surface area contributed by atoms with Gasteiger partial charge in [-0.15, -0.1) is 5.10 Å². The lowest BCUT2D eigenvalue weighted by Gasteiger charge is -2.10. The van der Waals surface area contributed by atoms with Gasteiger partial charge in [0, 0.05) is 0 Å². The number of nitrogens with zero attached hydrogens (tertiary/aromatic N) is 5. The van der Waals surface area contributed by atoms with Crippen LogP contribution in [-0.4, -0.2) is 19.8 Å². The molecule has 0 aliphatic heterocycles. The zero-order valence-electron chi connectivity index (χ0n) is 10.6. The van der Waals surface area contributed by atoms with Crippen LogP contribution in [0, 0.1) is 10.9 Å². The third kappa shape index (κ3) is 2.80. The van der Waals surface area contributed by atoms with Crippen LogP contribution in [0.2, 0.25) is 0 Å². The molecule has 21 heavy (non-hydrogen) atoms. The second kappa shape index (κ2) is 5.98. The van der Waals surface area contributed by atoms with Crippen molar-refractivity contribution in [2.45, 2.75) is 4.90 Å². The van der Waals surface area contributed by atoms with E-state index in [-0.39, 0.29) is 21.2 Å². The SMILES string of the molecule is N#[N+]N=C1C(S(=O)(=O)c2ccccc2)=CC=CC1=NN=N. The lowest BCUT2D eigenvalue weighted by Crippen LogP contribution is -2.23. The third-order valence-corrected chi connectivity index (χ3v) is 4.42. The van der Waals surface area contributed by atoms with Crippen molar-refractivity contribution in [2.24, 2.45) is 15.4 Å². The van der Waals surface area contributed by atoms with Crippen molar-refractivity contribution >= 4 is 21.3 Å². The van der Waals surface area contributed by atoms with Crippen LogP contribution in [-0.2, 0) is 9.84 Å². The monoisotopic (exact) mass is 301 g/mol. The van der Waals surface area contributed by atoms with Gasteiger partial charge in [0.15, 0.2) is 10.8 Å². The van der Waals surface area contributed by atoms with E-state index in [2.05, 4.69) is 20.5 Å². The largest absolute Gasteiger partial charge is 0.339 e. The summed E-state index contributed by atoms with van der Waals surface area (Å²) in [5.74, 6) is 0. The molecule has 1 aliphatic carbocycles. The first kappa shape index (κ1) is 14.4. The molecule has 0 atom stereocenters. The molecule has 0 saturated heterocycles. The summed E-state index contributed by atoms with van der Waals surface area (Å²) >= 11 is 0. The van der Waals surface area contributed by atoms with Gasteiger partial charge in [0.05, 0.1) is 4.90 Å². The number of nitrogens with one attached hydrogen (secondary N) is 1. The lowest BCUT2D eigenvalue weighted by atomic mass is 10.1. The molecule has 8 nitrogen and oxygen atoms in total. The molecule has 0 bridgehead atoms. The fourth-order valence-corrected chi connectivity index (χ4v) is 3.16. The quantitative estimate of drug-likeness (QED) is 0.399. The van der Waals surface area contributed by atoms with Crippen molar-refractivity contribution in [1.82, 2.24) is 0 Å². The first-order valence-corrected chi connectivity index (χ1v) is 7.15. The maximum absolute atomic E-state index is 12.6. The van der Waals surface area contributed by atoms with E-state index in [9.17, 15) is 8.42 Å². The van der Waals surface area contributed by atoms with Gasteiger partial charge in [0.1, 0.15) is 10.6 Å². The highest BCUT2D eigenvalue weighted by atomic mass is 32.2. The van der Waals surface area contributed by atoms with Crippen molar-refractivity contribution in [1.29, 1.82) is 10.9 Å². The fourth-order valence-electron chi connectivity index (χ4n) is 1.73. The Bertz CT molecular complexity index is 828. The van der Waals surface area contributed by atoms with E-state index >= 15 is 0 Å². The van der Waals surface area contributed by atoms with Crippen LogP contribution < -0.4 is 0 Å². The molecule has 0 fully saturated rings. The Morgan fingerprint density at radius 2 is 1.90 bits per heavy atom. The molecule has 1 aromatic rings. The van der Waals surface area contributed by atoms with E-state index in [1.165, 1.54) is 30.4 Å². The molecule has 104 valence electrons. The van der Waals surface area contributed by atoms with E-state index in [1.807, 2.05) is 0 Å². The molecule has 1 N–H and O–H groups in total. The summed E-state index contributed by atoms with van der Waals surface area (Å²) in [6.07, 6.45) is 4.16. The van der Waals surface area contributed by atoms with Gasteiger partial charge in [-0.2, -0.15) is 5.53 Å². The van der Waals surface area contributed by atoms with E-state index in [1.54, 1.807) is 18.2 Å². The summed E-state index contributed by atoms with van der Waals surface area (Å²) in [6.45, 7) is 0. The molecule has 0 amide bonds. The second-order valence-electron chi connectivity index (χ2n) is 3.83. The number of diazo groups is 1. The average molecular weight is 301 g/mol. The van der Waals surface area contributed by atoms with Crippen LogP contribution in [0.15, 0.2) is 73.8 Å². The van der Waals surface area contributed by atoms with Crippen molar-refractivity contribution < 1.29 is 8.42 Å². The topological polar surface area (TPSA) is 123 Å². The molecular weight excluding hydrogens is 292 g/mol. The minimum absolute atomic E-state index is 0.0137. The Morgan fingerprint density at radius 1 is 1.19 bits per heavy atom. The van der Waals surface area contributed by atoms with Crippen LogP contribution >= 0.6 is 0 Å². The molecule has 0 unspecified atom stereocenters. The highest BCUT2D eigenvalue weighted by molar-refractivity contribution is 7.96. The molecule has 0 radical (unpaired) electrons. The number of hydrogen-bond donors (Lipinski definition) is 1. The summed E-state index contributed by atoms with van der Waals surface area (Å²) in [5, 5.41) is 20.9. The molecule has 2 rings (SSSR count). The van der Waals surface area contributed by atoms with Crippen LogP contribution in [0.5, 0.6) is 0 Å². The maximum atomic E-state index is 12.6. The maximum Gasteiger partial charge on any atom is 0.339 e. The number of hydrogen-bond acceptors (Lipinski definition) is 6. The molecule has 0 heterocycles. The Morgan fingerprint density at radius 3 is 2.52 bits per heavy atom. The third-order valence-electron chi connectivity index (χ3n) is 2.62. The van der Waals surface area contributed by atoms with Crippen LogP contribution in [0.3, 0.4) is 0 Å². The molecule has 9 heteroatoms. The van der Waals surface area contributed by atoms with E-state index in [0.29, 0.717) is 0 Å². The lowest BCUT2D eigenvalue weighted by molar-refractivity contribution is 0.603. The summed E-state index contributed by atoms with van der Waals surface area (Å²) in [7, 11) is -3.86. The van der Waals surface area contributed by atoms with Gasteiger partial charge in [-0.3, -0.25) is 0 Å². The summed E-state index contributed by atoms with van der Waals surface area (Å²) < 4.78 is 25.2. The van der Waals surface area contributed by atoms with Crippen LogP contribution in [0.25, 0.3) is 5.08 Å². The Labute approximate surface area is 120 Å². The zero-order valence-corrected chi connectivity index (χ0v) is 11.4. The number of benzene rings is 1. The highest BCUT2D eigenvalue weighted by Gasteiger charge is 2.31. The van der Waals surface area contributed by atoms with Gasteiger partial charge in [0.2, 0.25) is 9.84 Å². The number of allylic oxidation sites excluding steroid dienone is 4. The van der Waals surface area contributed by atoms with Crippen molar-refractivity contribution in [2.75, 3.05) is 0 Å². The number of rotatable bonds is 3. The summed E-state index contributed by atoms with van der Waals surface area (Å²) in [5.41, 5.74) is 6.57. The minimum atomic E-state index is -3.86. The normalized spacial score (nSPS) is 18.3. The molecule has 0 spiro atoms. The Hall–Kier alpha value is -2.99. The first-order valence-electron chi connectivity index (χ1n) is 5.67. The molecule has 0 aromatic heterocycles. The first-order chi connectivity index (χ1) is 10.1. The second-order valence-corrected chi connectivity index (χ2v) is 5.75. The van der Waals surface area contributed by atoms with Crippen LogP contribution in [0.4, 0.5) is 0 Å². The van der Waals surface area contributed by atoms with Gasteiger partial charge in [0.25, 0.3) is 5.39 Å². The molecular formula is C12H9N6O2S+. The summed E-state index contributed by atoms with van der Waals surface area (Å²) in [6, 6.07) is 7.75. The minimum Gasteiger partial charge on any atom is -0.218 e. The van der Waals surface area contributed by atoms with Crippen molar-refractivity contribution in [3.8, 4) is 0 Å². The zero-order chi connectivity index (χ0) is 15.3. The molecule has 0 saturated carbocycles. The summed E-state index contributed by atoms with van der Waals surface area (Å²) in [4.78, 5) is -0.115. The Kier molecular flexibility index (Phi) is 4.10. The average Bonchev–Trinajstić information content (AvgIpc) is 2.50. The van der Waals surface area contributed by atoms with Crippen LogP contribution in [0.1, 0.15) is 0 Å². The van der Waals surface area contributed by atoms with Gasteiger partial charge in [-0.1, -0.05) is 29.5 Å². The van der Waals surface area contributed by atoms with Gasteiger partial charge in [-0.05, 0) is 24.3 Å². The Balaban J connectivity index is 2.63. The number of sulfone groups is 1. The molecule has 1 aromatic carbocycles. The van der Waals surface area contributed by atoms with Crippen molar-refractivity contribution in [3.05, 3.63) is 58.6 Å². The fraction of sp³-hybridized carbons (Fsp3) is 0. The predicted molar refractivity (Wildman–Crippen MR) is 76.0 cm³/mol. The van der Waals surface area contributed by atoms with E-state index in [0.717, 1.165) is 0 Å². The predicted octanol–water partition coefficient (Wildman–Crippen LogP) is 2.51. The van der Waals surface area contributed by atoms with Gasteiger partial charge < -0.3 is 0 Å². The standard InChI is InChI=1S/C12H9N6O2S/c13-17-15-10-7-4-8-11(12(10)16-18-14)21(19,20)9-5-2-1-3-6-9/h1-8,13H/q+1.